The van der Waals surface area contributed by atoms with Crippen LogP contribution in [-0.4, -0.2) is 9.97 Å². The van der Waals surface area contributed by atoms with Gasteiger partial charge in [-0.15, -0.1) is 0 Å². The second kappa shape index (κ2) is 5.76. The summed E-state index contributed by atoms with van der Waals surface area (Å²) in [6.45, 7) is 0. The fourth-order valence-corrected chi connectivity index (χ4v) is 1.71. The summed E-state index contributed by atoms with van der Waals surface area (Å²) in [5, 5.41) is 8.73. The van der Waals surface area contributed by atoms with Crippen molar-refractivity contribution in [3.8, 4) is 6.07 Å². The van der Waals surface area contributed by atoms with E-state index in [1.54, 1.807) is 6.07 Å². The normalized spacial score (nSPS) is 9.82. The van der Waals surface area contributed by atoms with Crippen LogP contribution in [0, 0.1) is 11.3 Å². The van der Waals surface area contributed by atoms with E-state index in [9.17, 15) is 0 Å². The summed E-state index contributed by atoms with van der Waals surface area (Å²) >= 11 is 0. The summed E-state index contributed by atoms with van der Waals surface area (Å²) in [5.41, 5.74) is 2.71. The molecule has 0 fully saturated rings. The number of rotatable bonds is 4. The van der Waals surface area contributed by atoms with Gasteiger partial charge in [0, 0.05) is 5.69 Å². The van der Waals surface area contributed by atoms with Crippen LogP contribution >= 0.6 is 0 Å². The van der Waals surface area contributed by atoms with Crippen molar-refractivity contribution in [3.05, 3.63) is 59.7 Å². The van der Waals surface area contributed by atoms with Crippen LogP contribution in [-0.2, 0) is 12.8 Å². The Kier molecular flexibility index (Phi) is 3.82. The molecule has 3 nitrogen and oxygen atoms in total. The van der Waals surface area contributed by atoms with Crippen LogP contribution < -0.4 is 0 Å². The first kappa shape index (κ1) is 11.3. The molecule has 2 aromatic rings. The van der Waals surface area contributed by atoms with Crippen molar-refractivity contribution in [2.75, 3.05) is 0 Å². The highest BCUT2D eigenvalue weighted by atomic mass is 14.8. The van der Waals surface area contributed by atoms with E-state index in [4.69, 9.17) is 5.26 Å². The Morgan fingerprint density at radius 3 is 2.65 bits per heavy atom. The van der Waals surface area contributed by atoms with E-state index < -0.39 is 0 Å². The van der Waals surface area contributed by atoms with Crippen LogP contribution in [0.5, 0.6) is 0 Å². The number of aromatic nitrogens is 2. The summed E-state index contributed by atoms with van der Waals surface area (Å²) in [5.74, 6) is 0. The van der Waals surface area contributed by atoms with E-state index in [2.05, 4.69) is 22.1 Å². The molecule has 2 rings (SSSR count). The van der Waals surface area contributed by atoms with Crippen molar-refractivity contribution >= 4 is 0 Å². The van der Waals surface area contributed by atoms with Crippen molar-refractivity contribution in [2.24, 2.45) is 0 Å². The third kappa shape index (κ3) is 3.39. The molecular weight excluding hydrogens is 210 g/mol. The molecule has 3 heteroatoms. The highest BCUT2D eigenvalue weighted by molar-refractivity contribution is 5.21. The summed E-state index contributed by atoms with van der Waals surface area (Å²) in [6, 6.07) is 14.2. The molecule has 0 saturated carbocycles. The van der Waals surface area contributed by atoms with Gasteiger partial charge in [-0.25, -0.2) is 9.97 Å². The Morgan fingerprint density at radius 1 is 1.06 bits per heavy atom. The van der Waals surface area contributed by atoms with Crippen LogP contribution in [0.3, 0.4) is 0 Å². The highest BCUT2D eigenvalue weighted by Gasteiger charge is 1.98. The lowest BCUT2D eigenvalue weighted by atomic mass is 10.1. The van der Waals surface area contributed by atoms with Crippen molar-refractivity contribution in [3.63, 3.8) is 0 Å². The number of nitriles is 1. The third-order valence-electron chi connectivity index (χ3n) is 2.58. The molecule has 0 atom stereocenters. The molecule has 0 aliphatic heterocycles. The zero-order valence-corrected chi connectivity index (χ0v) is 9.50. The minimum atomic E-state index is 0.440. The van der Waals surface area contributed by atoms with Gasteiger partial charge in [0.25, 0.3) is 0 Å². The molecule has 0 amide bonds. The molecule has 0 bridgehead atoms. The topological polar surface area (TPSA) is 49.6 Å². The minimum absolute atomic E-state index is 0.440. The smallest absolute Gasteiger partial charge is 0.144 e. The van der Waals surface area contributed by atoms with Gasteiger partial charge in [0.2, 0.25) is 0 Å². The van der Waals surface area contributed by atoms with Crippen LogP contribution in [0.4, 0.5) is 0 Å². The Bertz CT molecular complexity index is 514. The lowest BCUT2D eigenvalue weighted by Gasteiger charge is -2.01. The molecule has 1 heterocycles. The standard InChI is InChI=1S/C14H13N3/c15-10-14-9-13(16-11-17-14)8-4-7-12-5-2-1-3-6-12/h1-3,5-6,9,11H,4,7-8H2. The molecule has 0 aliphatic carbocycles. The largest absolute Gasteiger partial charge is 0.241 e. The van der Waals surface area contributed by atoms with E-state index in [1.165, 1.54) is 11.9 Å². The summed E-state index contributed by atoms with van der Waals surface area (Å²) < 4.78 is 0. The van der Waals surface area contributed by atoms with Gasteiger partial charge in [0.1, 0.15) is 18.1 Å². The first-order valence-electron chi connectivity index (χ1n) is 5.63. The molecule has 17 heavy (non-hydrogen) atoms. The molecule has 1 aromatic carbocycles. The molecule has 0 radical (unpaired) electrons. The Hall–Kier alpha value is -2.21. The van der Waals surface area contributed by atoms with Crippen molar-refractivity contribution in [1.29, 1.82) is 5.26 Å². The quantitative estimate of drug-likeness (QED) is 0.800. The molecule has 1 aromatic heterocycles. The zero-order chi connectivity index (χ0) is 11.9. The van der Waals surface area contributed by atoms with Gasteiger partial charge >= 0.3 is 0 Å². The van der Waals surface area contributed by atoms with Crippen LogP contribution in [0.25, 0.3) is 0 Å². The predicted molar refractivity (Wildman–Crippen MR) is 65.2 cm³/mol. The number of nitrogens with zero attached hydrogens (tertiary/aromatic N) is 3. The lowest BCUT2D eigenvalue weighted by molar-refractivity contribution is 0.793. The molecule has 0 aliphatic rings. The van der Waals surface area contributed by atoms with E-state index in [0.717, 1.165) is 25.0 Å². The summed E-state index contributed by atoms with van der Waals surface area (Å²) in [6.07, 6.45) is 4.40. The van der Waals surface area contributed by atoms with Gasteiger partial charge in [0.15, 0.2) is 0 Å². The SMILES string of the molecule is N#Cc1cc(CCCc2ccccc2)ncn1. The average molecular weight is 223 g/mol. The summed E-state index contributed by atoms with van der Waals surface area (Å²) in [7, 11) is 0. The highest BCUT2D eigenvalue weighted by Crippen LogP contribution is 2.06. The maximum Gasteiger partial charge on any atom is 0.144 e. The van der Waals surface area contributed by atoms with Crippen molar-refractivity contribution < 1.29 is 0 Å². The predicted octanol–water partition coefficient (Wildman–Crippen LogP) is 2.52. The van der Waals surface area contributed by atoms with E-state index in [0.29, 0.717) is 5.69 Å². The minimum Gasteiger partial charge on any atom is -0.241 e. The Balaban J connectivity index is 1.88. The molecule has 0 N–H and O–H groups in total. The zero-order valence-electron chi connectivity index (χ0n) is 9.50. The molecule has 84 valence electrons. The second-order valence-electron chi connectivity index (χ2n) is 3.85. The van der Waals surface area contributed by atoms with Crippen LogP contribution in [0.1, 0.15) is 23.4 Å². The van der Waals surface area contributed by atoms with Gasteiger partial charge in [-0.05, 0) is 30.9 Å². The Labute approximate surface area is 101 Å². The van der Waals surface area contributed by atoms with Gasteiger partial charge in [-0.3, -0.25) is 0 Å². The summed E-state index contributed by atoms with van der Waals surface area (Å²) in [4.78, 5) is 8.01. The number of hydrogen-bond donors (Lipinski definition) is 0. The molecule has 0 spiro atoms. The van der Waals surface area contributed by atoms with Crippen molar-refractivity contribution in [1.82, 2.24) is 9.97 Å². The third-order valence-corrected chi connectivity index (χ3v) is 2.58. The average Bonchev–Trinajstić information content (AvgIpc) is 2.40. The molecule has 0 saturated heterocycles. The van der Waals surface area contributed by atoms with E-state index in [-0.39, 0.29) is 0 Å². The number of aryl methyl sites for hydroxylation is 2. The van der Waals surface area contributed by atoms with Gasteiger partial charge in [-0.1, -0.05) is 30.3 Å². The van der Waals surface area contributed by atoms with Crippen molar-refractivity contribution in [2.45, 2.75) is 19.3 Å². The monoisotopic (exact) mass is 223 g/mol. The molecule has 0 unspecified atom stereocenters. The van der Waals surface area contributed by atoms with E-state index >= 15 is 0 Å². The maximum absolute atomic E-state index is 8.73. The number of hydrogen-bond acceptors (Lipinski definition) is 3. The lowest BCUT2D eigenvalue weighted by Crippen LogP contribution is -1.95. The van der Waals surface area contributed by atoms with Gasteiger partial charge in [-0.2, -0.15) is 5.26 Å². The van der Waals surface area contributed by atoms with Gasteiger partial charge < -0.3 is 0 Å². The van der Waals surface area contributed by atoms with E-state index in [1.807, 2.05) is 24.3 Å². The number of benzene rings is 1. The van der Waals surface area contributed by atoms with Crippen LogP contribution in [0.2, 0.25) is 0 Å². The first-order chi connectivity index (χ1) is 8.38. The fourth-order valence-electron chi connectivity index (χ4n) is 1.71. The fraction of sp³-hybridized carbons (Fsp3) is 0.214. The van der Waals surface area contributed by atoms with Crippen LogP contribution in [0.15, 0.2) is 42.7 Å². The van der Waals surface area contributed by atoms with Gasteiger partial charge in [0.05, 0.1) is 0 Å². The second-order valence-corrected chi connectivity index (χ2v) is 3.85. The Morgan fingerprint density at radius 2 is 1.88 bits per heavy atom. The molecular formula is C14H13N3. The first-order valence-corrected chi connectivity index (χ1v) is 5.63. The maximum atomic E-state index is 8.73.